The smallest absolute Gasteiger partial charge is 0.0636 e. The summed E-state index contributed by atoms with van der Waals surface area (Å²) in [5, 5.41) is 12.7. The quantitative estimate of drug-likeness (QED) is 0.703. The highest BCUT2D eigenvalue weighted by molar-refractivity contribution is 4.86. The third-order valence-corrected chi connectivity index (χ3v) is 3.29. The van der Waals surface area contributed by atoms with Gasteiger partial charge in [0.15, 0.2) is 0 Å². The number of likely N-dealkylation sites (tertiary alicyclic amines) is 1. The Morgan fingerprint density at radius 2 is 2.14 bits per heavy atom. The lowest BCUT2D eigenvalue weighted by atomic mass is 9.90. The van der Waals surface area contributed by atoms with Crippen molar-refractivity contribution in [3.63, 3.8) is 0 Å². The number of aliphatic hydroxyl groups is 1. The van der Waals surface area contributed by atoms with Crippen molar-refractivity contribution in [1.29, 1.82) is 0 Å². The summed E-state index contributed by atoms with van der Waals surface area (Å²) in [7, 11) is 2.19. The Labute approximate surface area is 87.5 Å². The number of nitrogens with zero attached hydrogens (tertiary/aromatic N) is 1. The average Bonchev–Trinajstić information content (AvgIpc) is 2.09. The Kier molecular flexibility index (Phi) is 4.35. The number of hydrogen-bond donors (Lipinski definition) is 2. The number of rotatable bonds is 3. The van der Waals surface area contributed by atoms with Crippen LogP contribution >= 0.6 is 0 Å². The molecule has 0 spiro atoms. The van der Waals surface area contributed by atoms with Crippen molar-refractivity contribution in [3.05, 3.63) is 0 Å². The fourth-order valence-corrected chi connectivity index (χ4v) is 2.15. The first-order chi connectivity index (χ1) is 6.50. The Morgan fingerprint density at radius 1 is 1.50 bits per heavy atom. The molecule has 1 heterocycles. The Balaban J connectivity index is 2.37. The van der Waals surface area contributed by atoms with Gasteiger partial charge in [-0.05, 0) is 33.2 Å². The predicted molar refractivity (Wildman–Crippen MR) is 59.3 cm³/mol. The largest absolute Gasteiger partial charge is 0.392 e. The van der Waals surface area contributed by atoms with Crippen molar-refractivity contribution in [2.45, 2.75) is 45.4 Å². The highest BCUT2D eigenvalue weighted by atomic mass is 16.3. The number of hydrogen-bond acceptors (Lipinski definition) is 3. The first-order valence-corrected chi connectivity index (χ1v) is 5.62. The molecular weight excluding hydrogens is 176 g/mol. The van der Waals surface area contributed by atoms with E-state index in [4.69, 9.17) is 0 Å². The second-order valence-corrected chi connectivity index (χ2v) is 4.87. The van der Waals surface area contributed by atoms with Crippen molar-refractivity contribution < 1.29 is 5.11 Å². The maximum absolute atomic E-state index is 9.21. The van der Waals surface area contributed by atoms with Crippen molar-refractivity contribution in [2.24, 2.45) is 5.92 Å². The van der Waals surface area contributed by atoms with Gasteiger partial charge >= 0.3 is 0 Å². The Morgan fingerprint density at radius 3 is 2.71 bits per heavy atom. The van der Waals surface area contributed by atoms with Crippen molar-refractivity contribution in [3.8, 4) is 0 Å². The van der Waals surface area contributed by atoms with E-state index in [9.17, 15) is 5.11 Å². The number of aliphatic hydroxyl groups excluding tert-OH is 1. The molecule has 1 aliphatic heterocycles. The molecule has 1 rings (SSSR count). The van der Waals surface area contributed by atoms with Crippen LogP contribution in [-0.2, 0) is 0 Å². The lowest BCUT2D eigenvalue weighted by Crippen LogP contribution is -2.51. The topological polar surface area (TPSA) is 35.5 Å². The Hall–Kier alpha value is -0.120. The van der Waals surface area contributed by atoms with Crippen LogP contribution in [0.5, 0.6) is 0 Å². The summed E-state index contributed by atoms with van der Waals surface area (Å²) in [5.74, 6) is 0.676. The van der Waals surface area contributed by atoms with Gasteiger partial charge in [-0.25, -0.2) is 0 Å². The normalized spacial score (nSPS) is 37.1. The molecule has 0 aromatic carbocycles. The van der Waals surface area contributed by atoms with Crippen LogP contribution in [0.2, 0.25) is 0 Å². The van der Waals surface area contributed by atoms with Crippen LogP contribution in [0.25, 0.3) is 0 Å². The summed E-state index contributed by atoms with van der Waals surface area (Å²) in [6.45, 7) is 8.24. The minimum atomic E-state index is -0.239. The standard InChI is InChI=1S/C11H24N2O/c1-8-7-13(4)9(2)5-11(8)12-6-10(3)14/h8-12,14H,5-7H2,1-4H3. The summed E-state index contributed by atoms with van der Waals surface area (Å²) >= 11 is 0. The summed E-state index contributed by atoms with van der Waals surface area (Å²) in [6.07, 6.45) is 0.946. The molecule has 4 atom stereocenters. The summed E-state index contributed by atoms with van der Waals surface area (Å²) in [4.78, 5) is 2.41. The van der Waals surface area contributed by atoms with E-state index in [0.29, 0.717) is 24.5 Å². The van der Waals surface area contributed by atoms with E-state index < -0.39 is 0 Å². The maximum atomic E-state index is 9.21. The summed E-state index contributed by atoms with van der Waals surface area (Å²) < 4.78 is 0. The Bertz CT molecular complexity index is 173. The fourth-order valence-electron chi connectivity index (χ4n) is 2.15. The van der Waals surface area contributed by atoms with Gasteiger partial charge in [0.1, 0.15) is 0 Å². The fraction of sp³-hybridized carbons (Fsp3) is 1.00. The summed E-state index contributed by atoms with van der Waals surface area (Å²) in [5.41, 5.74) is 0. The summed E-state index contributed by atoms with van der Waals surface area (Å²) in [6, 6.07) is 1.22. The van der Waals surface area contributed by atoms with Gasteiger partial charge < -0.3 is 15.3 Å². The van der Waals surface area contributed by atoms with Crippen LogP contribution in [0.4, 0.5) is 0 Å². The molecule has 1 saturated heterocycles. The molecule has 4 unspecified atom stereocenters. The number of nitrogens with one attached hydrogen (secondary N) is 1. The minimum Gasteiger partial charge on any atom is -0.392 e. The van der Waals surface area contributed by atoms with E-state index in [-0.39, 0.29) is 6.10 Å². The van der Waals surface area contributed by atoms with Gasteiger partial charge in [-0.15, -0.1) is 0 Å². The van der Waals surface area contributed by atoms with Crippen molar-refractivity contribution in [1.82, 2.24) is 10.2 Å². The highest BCUT2D eigenvalue weighted by Crippen LogP contribution is 2.20. The van der Waals surface area contributed by atoms with E-state index in [1.54, 1.807) is 0 Å². The zero-order valence-corrected chi connectivity index (χ0v) is 9.83. The van der Waals surface area contributed by atoms with Gasteiger partial charge in [-0.3, -0.25) is 0 Å². The van der Waals surface area contributed by atoms with Gasteiger partial charge in [0, 0.05) is 25.2 Å². The monoisotopic (exact) mass is 200 g/mol. The van der Waals surface area contributed by atoms with E-state index in [2.05, 4.69) is 31.1 Å². The second kappa shape index (κ2) is 5.10. The molecule has 1 aliphatic rings. The molecule has 2 N–H and O–H groups in total. The highest BCUT2D eigenvalue weighted by Gasteiger charge is 2.28. The minimum absolute atomic E-state index is 0.239. The molecule has 14 heavy (non-hydrogen) atoms. The van der Waals surface area contributed by atoms with Crippen LogP contribution in [0.3, 0.4) is 0 Å². The first-order valence-electron chi connectivity index (χ1n) is 5.62. The molecule has 0 aromatic heterocycles. The zero-order chi connectivity index (χ0) is 10.7. The molecule has 0 amide bonds. The molecular formula is C11H24N2O. The zero-order valence-electron chi connectivity index (χ0n) is 9.83. The maximum Gasteiger partial charge on any atom is 0.0636 e. The molecule has 0 aromatic rings. The van der Waals surface area contributed by atoms with Crippen LogP contribution < -0.4 is 5.32 Å². The van der Waals surface area contributed by atoms with E-state index >= 15 is 0 Å². The molecule has 0 aliphatic carbocycles. The molecule has 0 radical (unpaired) electrons. The molecule has 84 valence electrons. The van der Waals surface area contributed by atoms with Gasteiger partial charge in [0.05, 0.1) is 6.10 Å². The van der Waals surface area contributed by atoms with Crippen LogP contribution in [0, 0.1) is 5.92 Å². The second-order valence-electron chi connectivity index (χ2n) is 4.87. The number of piperidine rings is 1. The average molecular weight is 200 g/mol. The van der Waals surface area contributed by atoms with E-state index in [0.717, 1.165) is 6.54 Å². The molecule has 3 heteroatoms. The SMILES string of the molecule is CC(O)CNC1CC(C)N(C)CC1C. The third-order valence-electron chi connectivity index (χ3n) is 3.29. The van der Waals surface area contributed by atoms with Gasteiger partial charge in [0.25, 0.3) is 0 Å². The van der Waals surface area contributed by atoms with Gasteiger partial charge in [0.2, 0.25) is 0 Å². The predicted octanol–water partition coefficient (Wildman–Crippen LogP) is 0.686. The van der Waals surface area contributed by atoms with Crippen LogP contribution in [0.15, 0.2) is 0 Å². The van der Waals surface area contributed by atoms with Crippen LogP contribution in [-0.4, -0.2) is 48.3 Å². The lowest BCUT2D eigenvalue weighted by Gasteiger charge is -2.40. The molecule has 0 bridgehead atoms. The third kappa shape index (κ3) is 3.23. The van der Waals surface area contributed by atoms with Gasteiger partial charge in [-0.2, -0.15) is 0 Å². The van der Waals surface area contributed by atoms with E-state index in [1.807, 2.05) is 6.92 Å². The van der Waals surface area contributed by atoms with Crippen molar-refractivity contribution >= 4 is 0 Å². The van der Waals surface area contributed by atoms with E-state index in [1.165, 1.54) is 6.42 Å². The first kappa shape index (κ1) is 12.0. The molecule has 1 fully saturated rings. The molecule has 0 saturated carbocycles. The lowest BCUT2D eigenvalue weighted by molar-refractivity contribution is 0.109. The van der Waals surface area contributed by atoms with Gasteiger partial charge in [-0.1, -0.05) is 6.92 Å². The molecule has 3 nitrogen and oxygen atoms in total. The van der Waals surface area contributed by atoms with Crippen molar-refractivity contribution in [2.75, 3.05) is 20.1 Å². The van der Waals surface area contributed by atoms with Crippen LogP contribution in [0.1, 0.15) is 27.2 Å².